The van der Waals surface area contributed by atoms with Crippen LogP contribution in [0, 0.1) is 0 Å². The van der Waals surface area contributed by atoms with Crippen molar-refractivity contribution in [2.24, 2.45) is 0 Å². The van der Waals surface area contributed by atoms with Gasteiger partial charge in [-0.25, -0.2) is 0 Å². The fourth-order valence-electron chi connectivity index (χ4n) is 1.12. The molecule has 0 radical (unpaired) electrons. The second-order valence-electron chi connectivity index (χ2n) is 2.54. The average molecular weight is 160 g/mol. The van der Waals surface area contributed by atoms with Crippen molar-refractivity contribution in [1.29, 1.82) is 0 Å². The van der Waals surface area contributed by atoms with Crippen LogP contribution in [0.5, 0.6) is 0 Å². The summed E-state index contributed by atoms with van der Waals surface area (Å²) in [6.07, 6.45) is -1.83. The van der Waals surface area contributed by atoms with Gasteiger partial charge in [-0.05, 0) is 0 Å². The molecule has 1 saturated heterocycles. The number of rotatable bonds is 2. The first-order chi connectivity index (χ1) is 5.20. The lowest BCUT2D eigenvalue weighted by molar-refractivity contribution is -0.0122. The maximum absolute atomic E-state index is 9.20. The fourth-order valence-corrected chi connectivity index (χ4v) is 1.12. The van der Waals surface area contributed by atoms with Crippen LogP contribution in [0.15, 0.2) is 12.7 Å². The molecule has 4 nitrogen and oxygen atoms in total. The topological polar surface area (TPSA) is 69.9 Å². The zero-order chi connectivity index (χ0) is 8.43. The summed E-state index contributed by atoms with van der Waals surface area (Å²) in [7, 11) is 0. The minimum atomic E-state index is -1.01. The Morgan fingerprint density at radius 1 is 1.36 bits per heavy atom. The van der Waals surface area contributed by atoms with Crippen LogP contribution >= 0.6 is 0 Å². The first-order valence-corrected chi connectivity index (χ1v) is 3.45. The van der Waals surface area contributed by atoms with Crippen LogP contribution in [0.2, 0.25) is 0 Å². The average Bonchev–Trinajstić information content (AvgIpc) is 2.30. The molecular formula is C7H12O4. The summed E-state index contributed by atoms with van der Waals surface area (Å²) >= 11 is 0. The van der Waals surface area contributed by atoms with Crippen LogP contribution in [-0.4, -0.2) is 46.3 Å². The van der Waals surface area contributed by atoms with Gasteiger partial charge >= 0.3 is 0 Å². The van der Waals surface area contributed by atoms with Crippen LogP contribution < -0.4 is 0 Å². The molecule has 0 aliphatic carbocycles. The maximum Gasteiger partial charge on any atom is 0.112 e. The van der Waals surface area contributed by atoms with Crippen LogP contribution in [0.25, 0.3) is 0 Å². The van der Waals surface area contributed by atoms with Crippen LogP contribution in [-0.2, 0) is 4.74 Å². The summed E-state index contributed by atoms with van der Waals surface area (Å²) in [5, 5.41) is 27.0. The minimum Gasteiger partial charge on any atom is -0.394 e. The van der Waals surface area contributed by atoms with Crippen LogP contribution in [0.3, 0.4) is 0 Å². The lowest BCUT2D eigenvalue weighted by Crippen LogP contribution is -2.33. The van der Waals surface area contributed by atoms with Gasteiger partial charge in [-0.1, -0.05) is 6.08 Å². The Morgan fingerprint density at radius 2 is 2.00 bits per heavy atom. The molecule has 1 fully saturated rings. The molecule has 0 spiro atoms. The quantitative estimate of drug-likeness (QED) is 0.437. The van der Waals surface area contributed by atoms with Gasteiger partial charge in [0.15, 0.2) is 0 Å². The number of hydrogen-bond acceptors (Lipinski definition) is 4. The molecule has 0 bridgehead atoms. The first-order valence-electron chi connectivity index (χ1n) is 3.45. The van der Waals surface area contributed by atoms with Gasteiger partial charge in [0.05, 0.1) is 6.61 Å². The van der Waals surface area contributed by atoms with E-state index in [4.69, 9.17) is 9.84 Å². The standard InChI is InChI=1S/C7H12O4/c1-2-4-6(9)7(10)5(3-8)11-4/h2,4-10H,1,3H2/t4?,5-,6-,7-/m1/s1. The Bertz CT molecular complexity index is 147. The molecule has 1 aliphatic rings. The van der Waals surface area contributed by atoms with Gasteiger partial charge in [0.2, 0.25) is 0 Å². The third-order valence-electron chi connectivity index (χ3n) is 1.81. The number of aliphatic hydroxyl groups is 3. The molecule has 1 heterocycles. The molecule has 1 rings (SSSR count). The molecule has 0 aromatic heterocycles. The van der Waals surface area contributed by atoms with Gasteiger partial charge in [0.25, 0.3) is 0 Å². The Hall–Kier alpha value is -0.420. The second kappa shape index (κ2) is 3.32. The third-order valence-corrected chi connectivity index (χ3v) is 1.81. The number of hydrogen-bond donors (Lipinski definition) is 3. The second-order valence-corrected chi connectivity index (χ2v) is 2.54. The lowest BCUT2D eigenvalue weighted by atomic mass is 10.1. The van der Waals surface area contributed by atoms with E-state index in [-0.39, 0.29) is 6.61 Å². The summed E-state index contributed by atoms with van der Waals surface area (Å²) in [5.41, 5.74) is 0. The van der Waals surface area contributed by atoms with E-state index in [1.165, 1.54) is 6.08 Å². The van der Waals surface area contributed by atoms with Gasteiger partial charge in [-0.15, -0.1) is 6.58 Å². The summed E-state index contributed by atoms with van der Waals surface area (Å²) in [6.45, 7) is 3.13. The maximum atomic E-state index is 9.20. The van der Waals surface area contributed by atoms with Crippen molar-refractivity contribution in [3.8, 4) is 0 Å². The highest BCUT2D eigenvalue weighted by Gasteiger charge is 2.40. The molecule has 64 valence electrons. The predicted octanol–water partition coefficient (Wildman–Crippen LogP) is -1.35. The van der Waals surface area contributed by atoms with Crippen LogP contribution in [0.1, 0.15) is 0 Å². The number of ether oxygens (including phenoxy) is 1. The first kappa shape index (κ1) is 8.67. The molecule has 0 saturated carbocycles. The Labute approximate surface area is 64.7 Å². The molecule has 1 unspecified atom stereocenters. The van der Waals surface area contributed by atoms with Gasteiger partial charge in [0.1, 0.15) is 24.4 Å². The van der Waals surface area contributed by atoms with E-state index in [0.29, 0.717) is 0 Å². The van der Waals surface area contributed by atoms with Crippen LogP contribution in [0.4, 0.5) is 0 Å². The van der Waals surface area contributed by atoms with E-state index in [1.807, 2.05) is 0 Å². The van der Waals surface area contributed by atoms with Gasteiger partial charge in [-0.3, -0.25) is 0 Å². The Kier molecular flexibility index (Phi) is 2.62. The zero-order valence-electron chi connectivity index (χ0n) is 6.05. The molecule has 3 N–H and O–H groups in total. The van der Waals surface area contributed by atoms with Crippen molar-refractivity contribution in [2.75, 3.05) is 6.61 Å². The van der Waals surface area contributed by atoms with E-state index in [0.717, 1.165) is 0 Å². The highest BCUT2D eigenvalue weighted by atomic mass is 16.6. The van der Waals surface area contributed by atoms with Gasteiger partial charge < -0.3 is 20.1 Å². The van der Waals surface area contributed by atoms with E-state index in [1.54, 1.807) is 0 Å². The highest BCUT2D eigenvalue weighted by Crippen LogP contribution is 2.21. The number of aliphatic hydroxyl groups excluding tert-OH is 3. The lowest BCUT2D eigenvalue weighted by Gasteiger charge is -2.10. The molecule has 0 aromatic rings. The van der Waals surface area contributed by atoms with E-state index < -0.39 is 24.4 Å². The fraction of sp³-hybridized carbons (Fsp3) is 0.714. The molecular weight excluding hydrogens is 148 g/mol. The smallest absolute Gasteiger partial charge is 0.112 e. The largest absolute Gasteiger partial charge is 0.394 e. The molecule has 1 aliphatic heterocycles. The van der Waals surface area contributed by atoms with Crippen molar-refractivity contribution in [3.63, 3.8) is 0 Å². The minimum absolute atomic E-state index is 0.289. The molecule has 0 amide bonds. The molecule has 4 atom stereocenters. The van der Waals surface area contributed by atoms with E-state index in [9.17, 15) is 10.2 Å². The normalized spacial score (nSPS) is 44.3. The molecule has 4 heteroatoms. The summed E-state index contributed by atoms with van der Waals surface area (Å²) < 4.78 is 5.02. The van der Waals surface area contributed by atoms with Crippen molar-refractivity contribution >= 4 is 0 Å². The summed E-state index contributed by atoms with van der Waals surface area (Å²) in [5.74, 6) is 0. The van der Waals surface area contributed by atoms with E-state index >= 15 is 0 Å². The van der Waals surface area contributed by atoms with E-state index in [2.05, 4.69) is 6.58 Å². The Morgan fingerprint density at radius 3 is 2.27 bits per heavy atom. The zero-order valence-corrected chi connectivity index (χ0v) is 6.05. The SMILES string of the molecule is C=CC1O[C@H](CO)[C@@H](O)[C@@H]1O. The monoisotopic (exact) mass is 160 g/mol. The van der Waals surface area contributed by atoms with Crippen molar-refractivity contribution in [3.05, 3.63) is 12.7 Å². The van der Waals surface area contributed by atoms with Crippen molar-refractivity contribution < 1.29 is 20.1 Å². The predicted molar refractivity (Wildman–Crippen MR) is 38.0 cm³/mol. The van der Waals surface area contributed by atoms with Crippen molar-refractivity contribution in [1.82, 2.24) is 0 Å². The van der Waals surface area contributed by atoms with Crippen molar-refractivity contribution in [2.45, 2.75) is 24.4 Å². The Balaban J connectivity index is 2.60. The summed E-state index contributed by atoms with van der Waals surface area (Å²) in [4.78, 5) is 0. The highest BCUT2D eigenvalue weighted by molar-refractivity contribution is 4.98. The molecule has 11 heavy (non-hydrogen) atoms. The van der Waals surface area contributed by atoms with Gasteiger partial charge in [0, 0.05) is 0 Å². The summed E-state index contributed by atoms with van der Waals surface area (Å²) in [6, 6.07) is 0. The van der Waals surface area contributed by atoms with Gasteiger partial charge in [-0.2, -0.15) is 0 Å². The third kappa shape index (κ3) is 1.44. The molecule has 0 aromatic carbocycles.